The Kier molecular flexibility index (Phi) is 8.71. The molecule has 2 heterocycles. The predicted octanol–water partition coefficient (Wildman–Crippen LogP) is 2.58. The normalized spacial score (nSPS) is 11.2. The van der Waals surface area contributed by atoms with Gasteiger partial charge in [0, 0.05) is 29.5 Å². The van der Waals surface area contributed by atoms with Crippen molar-refractivity contribution in [3.63, 3.8) is 0 Å². The van der Waals surface area contributed by atoms with Gasteiger partial charge in [-0.25, -0.2) is 14.8 Å². The number of carbonyl (C=O) groups is 2. The Morgan fingerprint density at radius 1 is 1.17 bits per heavy atom. The lowest BCUT2D eigenvalue weighted by Gasteiger charge is -2.23. The van der Waals surface area contributed by atoms with Crippen molar-refractivity contribution < 1.29 is 31.9 Å². The van der Waals surface area contributed by atoms with Crippen LogP contribution in [0.2, 0.25) is 0 Å². The Morgan fingerprint density at radius 2 is 1.83 bits per heavy atom. The van der Waals surface area contributed by atoms with Crippen molar-refractivity contribution in [3.8, 4) is 11.5 Å². The number of amides is 2. The molecule has 0 atom stereocenters. The van der Waals surface area contributed by atoms with E-state index >= 15 is 0 Å². The highest BCUT2D eigenvalue weighted by Gasteiger charge is 2.22. The van der Waals surface area contributed by atoms with E-state index in [1.165, 1.54) is 19.6 Å². The molecule has 0 saturated heterocycles. The zero-order chi connectivity index (χ0) is 26.5. The van der Waals surface area contributed by atoms with E-state index in [1.54, 1.807) is 21.8 Å². The number of nitrogens with one attached hydrogen (secondary N) is 1. The van der Waals surface area contributed by atoms with Gasteiger partial charge in [0.25, 0.3) is 22.0 Å². The minimum atomic E-state index is -4.22. The molecule has 0 aliphatic heterocycles. The van der Waals surface area contributed by atoms with Gasteiger partial charge in [-0.3, -0.25) is 9.59 Å². The highest BCUT2D eigenvalue weighted by Crippen LogP contribution is 2.30. The van der Waals surface area contributed by atoms with Crippen molar-refractivity contribution in [3.05, 3.63) is 63.0 Å². The molecule has 0 aliphatic carbocycles. The van der Waals surface area contributed by atoms with E-state index < -0.39 is 16.1 Å². The van der Waals surface area contributed by atoms with E-state index in [2.05, 4.69) is 4.98 Å². The van der Waals surface area contributed by atoms with Crippen molar-refractivity contribution in [2.75, 3.05) is 20.8 Å². The smallest absolute Gasteiger partial charge is 0.299 e. The molecule has 0 unspecified atom stereocenters. The van der Waals surface area contributed by atoms with Crippen LogP contribution in [0, 0.1) is 13.8 Å². The highest BCUT2D eigenvalue weighted by molar-refractivity contribution is 7.87. The number of aryl methyl sites for hydroxylation is 2. The summed E-state index contributed by atoms with van der Waals surface area (Å²) in [5, 5.41) is 6.71. The Hall–Kier alpha value is -3.42. The maximum Gasteiger partial charge on any atom is 0.299 e. The van der Waals surface area contributed by atoms with E-state index in [0.717, 1.165) is 28.4 Å². The van der Waals surface area contributed by atoms with E-state index in [0.29, 0.717) is 41.5 Å². The number of methoxy groups -OCH3 is 2. The lowest BCUT2D eigenvalue weighted by atomic mass is 10.1. The quantitative estimate of drug-likeness (QED) is 0.379. The molecular formula is C23H28N4O7S2. The van der Waals surface area contributed by atoms with Crippen LogP contribution in [-0.2, 0) is 23.2 Å². The minimum Gasteiger partial charge on any atom is -0.496 e. The van der Waals surface area contributed by atoms with Gasteiger partial charge in [0.1, 0.15) is 33.7 Å². The van der Waals surface area contributed by atoms with Crippen molar-refractivity contribution in [1.82, 2.24) is 14.6 Å². The first-order valence-corrected chi connectivity index (χ1v) is 13.3. The van der Waals surface area contributed by atoms with Crippen LogP contribution in [0.4, 0.5) is 0 Å². The van der Waals surface area contributed by atoms with Crippen LogP contribution in [0.25, 0.3) is 0 Å². The van der Waals surface area contributed by atoms with Gasteiger partial charge in [-0.05, 0) is 44.5 Å². The molecule has 3 aromatic rings. The molecule has 1 aromatic carbocycles. The minimum absolute atomic E-state index is 0.0991. The standard InChI is InChI=1S/C23H28N4O7S2/c1-14-7-8-17(34-14)6-5-9-27(12-21-25-18(13-35-21)22(28)26-36(24,30)31)23(29)16-10-19(32-3)15(2)20(11-16)33-4/h7-8,10-11,13H,5-6,9,12H2,1-4H3,(H,26,28)(H2,24,30,31). The third-order valence-corrected chi connectivity index (χ3v) is 6.58. The van der Waals surface area contributed by atoms with E-state index in [1.807, 2.05) is 26.0 Å². The summed E-state index contributed by atoms with van der Waals surface area (Å²) >= 11 is 1.13. The topological polar surface area (TPSA) is 154 Å². The first kappa shape index (κ1) is 27.2. The highest BCUT2D eigenvalue weighted by atomic mass is 32.2. The Morgan fingerprint density at radius 3 is 2.39 bits per heavy atom. The Balaban J connectivity index is 1.84. The van der Waals surface area contributed by atoms with Crippen LogP contribution in [0.1, 0.15) is 49.4 Å². The molecule has 3 N–H and O–H groups in total. The average Bonchev–Trinajstić information content (AvgIpc) is 3.46. The van der Waals surface area contributed by atoms with Gasteiger partial charge in [0.15, 0.2) is 0 Å². The molecule has 11 nitrogen and oxygen atoms in total. The molecule has 0 aliphatic rings. The van der Waals surface area contributed by atoms with E-state index in [9.17, 15) is 18.0 Å². The number of thiazole rings is 1. The summed E-state index contributed by atoms with van der Waals surface area (Å²) in [6, 6.07) is 7.08. The van der Waals surface area contributed by atoms with Crippen LogP contribution in [0.5, 0.6) is 11.5 Å². The fourth-order valence-electron chi connectivity index (χ4n) is 3.54. The van der Waals surface area contributed by atoms with E-state index in [-0.39, 0.29) is 18.1 Å². The molecule has 0 bridgehead atoms. The van der Waals surface area contributed by atoms with Crippen molar-refractivity contribution in [2.24, 2.45) is 5.14 Å². The molecule has 0 spiro atoms. The fourth-order valence-corrected chi connectivity index (χ4v) is 4.69. The first-order valence-electron chi connectivity index (χ1n) is 10.9. The number of nitrogens with zero attached hydrogens (tertiary/aromatic N) is 2. The van der Waals surface area contributed by atoms with Crippen molar-refractivity contribution in [2.45, 2.75) is 33.2 Å². The number of ether oxygens (including phenoxy) is 2. The second kappa shape index (κ2) is 11.5. The summed E-state index contributed by atoms with van der Waals surface area (Å²) < 4.78 is 40.4. The van der Waals surface area contributed by atoms with Gasteiger partial charge in [-0.15, -0.1) is 11.3 Å². The number of hydrogen-bond acceptors (Lipinski definition) is 9. The summed E-state index contributed by atoms with van der Waals surface area (Å²) in [4.78, 5) is 31.4. The zero-order valence-electron chi connectivity index (χ0n) is 20.4. The molecule has 2 amide bonds. The van der Waals surface area contributed by atoms with Crippen molar-refractivity contribution >= 4 is 33.4 Å². The lowest BCUT2D eigenvalue weighted by molar-refractivity contribution is 0.0739. The van der Waals surface area contributed by atoms with Crippen molar-refractivity contribution in [1.29, 1.82) is 0 Å². The lowest BCUT2D eigenvalue weighted by Crippen LogP contribution is -2.36. The number of aromatic nitrogens is 1. The van der Waals surface area contributed by atoms with Crippen LogP contribution in [0.15, 0.2) is 34.1 Å². The van der Waals surface area contributed by atoms with Gasteiger partial charge >= 0.3 is 0 Å². The molecular weight excluding hydrogens is 508 g/mol. The molecule has 2 aromatic heterocycles. The first-order chi connectivity index (χ1) is 17.0. The van der Waals surface area contributed by atoms with Gasteiger partial charge < -0.3 is 18.8 Å². The molecule has 13 heteroatoms. The van der Waals surface area contributed by atoms with Gasteiger partial charge in [-0.1, -0.05) is 0 Å². The monoisotopic (exact) mass is 536 g/mol. The number of hydrogen-bond donors (Lipinski definition) is 2. The third-order valence-electron chi connectivity index (χ3n) is 5.28. The summed E-state index contributed by atoms with van der Waals surface area (Å²) in [5.74, 6) is 1.42. The molecule has 36 heavy (non-hydrogen) atoms. The maximum atomic E-state index is 13.6. The van der Waals surface area contributed by atoms with Crippen LogP contribution >= 0.6 is 11.3 Å². The molecule has 3 rings (SSSR count). The Bertz CT molecular complexity index is 1320. The average molecular weight is 537 g/mol. The van der Waals surface area contributed by atoms with Gasteiger partial charge in [0.2, 0.25) is 0 Å². The number of rotatable bonds is 11. The second-order valence-electron chi connectivity index (χ2n) is 7.95. The summed E-state index contributed by atoms with van der Waals surface area (Å²) in [5.41, 5.74) is 1.02. The maximum absolute atomic E-state index is 13.6. The molecule has 0 fully saturated rings. The number of nitrogens with two attached hydrogens (primary N) is 1. The van der Waals surface area contributed by atoms with Crippen LogP contribution in [-0.4, -0.2) is 50.9 Å². The number of benzene rings is 1. The van der Waals surface area contributed by atoms with Gasteiger partial charge in [-0.2, -0.15) is 8.42 Å². The number of carbonyl (C=O) groups excluding carboxylic acids is 2. The second-order valence-corrected chi connectivity index (χ2v) is 10.2. The van der Waals surface area contributed by atoms with Crippen LogP contribution in [0.3, 0.4) is 0 Å². The predicted molar refractivity (Wildman–Crippen MR) is 133 cm³/mol. The zero-order valence-corrected chi connectivity index (χ0v) is 22.0. The molecule has 0 radical (unpaired) electrons. The summed E-state index contributed by atoms with van der Waals surface area (Å²) in [7, 11) is -1.19. The van der Waals surface area contributed by atoms with E-state index in [4.69, 9.17) is 19.0 Å². The summed E-state index contributed by atoms with van der Waals surface area (Å²) in [6.07, 6.45) is 1.24. The van der Waals surface area contributed by atoms with Gasteiger partial charge in [0.05, 0.1) is 20.8 Å². The molecule has 194 valence electrons. The molecule has 0 saturated carbocycles. The van der Waals surface area contributed by atoms with Crippen LogP contribution < -0.4 is 19.3 Å². The summed E-state index contributed by atoms with van der Waals surface area (Å²) in [6.45, 7) is 4.17. The largest absolute Gasteiger partial charge is 0.496 e. The number of furan rings is 1. The SMILES string of the molecule is COc1cc(C(=O)N(CCCc2ccc(C)o2)Cc2nc(C(=O)NS(N)(=O)=O)cs2)cc(OC)c1C. The third kappa shape index (κ3) is 7.06. The Labute approximate surface area is 213 Å². The fraction of sp³-hybridized carbons (Fsp3) is 0.348.